The van der Waals surface area contributed by atoms with Crippen LogP contribution in [0, 0.1) is 0 Å². The van der Waals surface area contributed by atoms with Crippen molar-refractivity contribution in [2.45, 2.75) is 21.5 Å². The van der Waals surface area contributed by atoms with E-state index in [0.717, 1.165) is 0 Å². The molecular formula is C9H11IO2S. The fourth-order valence-electron chi connectivity index (χ4n) is 0.880. The van der Waals surface area contributed by atoms with E-state index in [2.05, 4.69) is 0 Å². The van der Waals surface area contributed by atoms with E-state index in [1.54, 1.807) is 44.2 Å². The molecule has 0 amide bonds. The summed E-state index contributed by atoms with van der Waals surface area (Å²) in [7, 11) is -3.19. The van der Waals surface area contributed by atoms with Crippen molar-refractivity contribution >= 4 is 32.4 Å². The Kier molecular flexibility index (Phi) is 3.01. The molecule has 0 saturated heterocycles. The Labute approximate surface area is 92.4 Å². The van der Waals surface area contributed by atoms with E-state index in [4.69, 9.17) is 0 Å². The molecule has 0 fully saturated rings. The van der Waals surface area contributed by atoms with Gasteiger partial charge in [0.1, 0.15) is 2.75 Å². The number of hydrogen-bond acceptors (Lipinski definition) is 2. The lowest BCUT2D eigenvalue weighted by molar-refractivity contribution is 0.585. The van der Waals surface area contributed by atoms with E-state index in [-0.39, 0.29) is 0 Å². The predicted octanol–water partition coefficient (Wildman–Crippen LogP) is 2.63. The van der Waals surface area contributed by atoms with Gasteiger partial charge in [-0.1, -0.05) is 40.8 Å². The number of halogens is 1. The molecular weight excluding hydrogens is 299 g/mol. The third-order valence-electron chi connectivity index (χ3n) is 1.69. The van der Waals surface area contributed by atoms with Crippen LogP contribution in [0.15, 0.2) is 35.2 Å². The number of sulfone groups is 1. The van der Waals surface area contributed by atoms with Crippen LogP contribution in [0.2, 0.25) is 0 Å². The van der Waals surface area contributed by atoms with E-state index < -0.39 is 12.6 Å². The highest BCUT2D eigenvalue weighted by atomic mass is 127. The van der Waals surface area contributed by atoms with Gasteiger partial charge in [0, 0.05) is 0 Å². The molecule has 1 aromatic carbocycles. The molecule has 0 aliphatic rings. The Morgan fingerprint density at radius 1 is 1.15 bits per heavy atom. The molecule has 0 heterocycles. The monoisotopic (exact) mass is 310 g/mol. The van der Waals surface area contributed by atoms with Crippen LogP contribution >= 0.6 is 22.6 Å². The fourth-order valence-corrected chi connectivity index (χ4v) is 2.72. The Hall–Kier alpha value is -0.1000. The molecule has 4 heteroatoms. The quantitative estimate of drug-likeness (QED) is 0.621. The summed E-state index contributed by atoms with van der Waals surface area (Å²) in [5.41, 5.74) is 0. The lowest BCUT2D eigenvalue weighted by Crippen LogP contribution is -2.24. The summed E-state index contributed by atoms with van der Waals surface area (Å²) in [6.45, 7) is 3.38. The van der Waals surface area contributed by atoms with Gasteiger partial charge in [-0.2, -0.15) is 0 Å². The van der Waals surface area contributed by atoms with Crippen molar-refractivity contribution in [1.29, 1.82) is 0 Å². The van der Waals surface area contributed by atoms with E-state index in [9.17, 15) is 8.42 Å². The van der Waals surface area contributed by atoms with Gasteiger partial charge in [0.2, 0.25) is 0 Å². The van der Waals surface area contributed by atoms with Crippen molar-refractivity contribution in [1.82, 2.24) is 0 Å². The van der Waals surface area contributed by atoms with Crippen LogP contribution in [-0.2, 0) is 9.84 Å². The van der Waals surface area contributed by atoms with Crippen molar-refractivity contribution in [3.05, 3.63) is 30.3 Å². The summed E-state index contributed by atoms with van der Waals surface area (Å²) < 4.78 is 22.9. The van der Waals surface area contributed by atoms with E-state index >= 15 is 0 Å². The molecule has 2 nitrogen and oxygen atoms in total. The van der Waals surface area contributed by atoms with Crippen LogP contribution in [0.5, 0.6) is 0 Å². The van der Waals surface area contributed by atoms with Crippen LogP contribution in [0.3, 0.4) is 0 Å². The lowest BCUT2D eigenvalue weighted by Gasteiger charge is -2.16. The van der Waals surface area contributed by atoms with Crippen LogP contribution < -0.4 is 0 Å². The predicted molar refractivity (Wildman–Crippen MR) is 61.7 cm³/mol. The SMILES string of the molecule is CC(C)(I)S(=O)(=O)c1ccccc1. The van der Waals surface area contributed by atoms with E-state index in [0.29, 0.717) is 4.90 Å². The summed E-state index contributed by atoms with van der Waals surface area (Å²) in [5.74, 6) is 0. The Bertz CT molecular complexity index is 376. The molecule has 0 saturated carbocycles. The number of hydrogen-bond donors (Lipinski definition) is 0. The first kappa shape index (κ1) is 11.0. The molecule has 13 heavy (non-hydrogen) atoms. The normalized spacial score (nSPS) is 12.8. The molecule has 0 radical (unpaired) electrons. The highest BCUT2D eigenvalue weighted by molar-refractivity contribution is 14.1. The van der Waals surface area contributed by atoms with Gasteiger partial charge in [-0.3, -0.25) is 0 Å². The summed E-state index contributed by atoms with van der Waals surface area (Å²) >= 11 is 1.93. The first-order valence-corrected chi connectivity index (χ1v) is 6.40. The van der Waals surface area contributed by atoms with Crippen LogP contribution in [0.25, 0.3) is 0 Å². The van der Waals surface area contributed by atoms with Crippen molar-refractivity contribution < 1.29 is 8.42 Å². The molecule has 1 aromatic rings. The van der Waals surface area contributed by atoms with Gasteiger partial charge in [-0.05, 0) is 26.0 Å². The van der Waals surface area contributed by atoms with E-state index in [1.165, 1.54) is 0 Å². The molecule has 1 rings (SSSR count). The molecule has 0 aliphatic carbocycles. The second-order valence-electron chi connectivity index (χ2n) is 3.18. The minimum atomic E-state index is -3.19. The first-order valence-electron chi connectivity index (χ1n) is 3.84. The maximum atomic E-state index is 11.8. The molecule has 0 atom stereocenters. The summed E-state index contributed by atoms with van der Waals surface area (Å²) in [4.78, 5) is 0.384. The van der Waals surface area contributed by atoms with Gasteiger partial charge in [-0.25, -0.2) is 8.42 Å². The number of benzene rings is 1. The Morgan fingerprint density at radius 3 is 2.00 bits per heavy atom. The highest BCUT2D eigenvalue weighted by Crippen LogP contribution is 2.30. The third-order valence-corrected chi connectivity index (χ3v) is 5.60. The minimum absolute atomic E-state index is 0.384. The van der Waals surface area contributed by atoms with E-state index in [1.807, 2.05) is 22.6 Å². The molecule has 72 valence electrons. The van der Waals surface area contributed by atoms with Crippen molar-refractivity contribution in [2.75, 3.05) is 0 Å². The van der Waals surface area contributed by atoms with Crippen LogP contribution in [-0.4, -0.2) is 11.2 Å². The largest absolute Gasteiger partial charge is 0.222 e. The second kappa shape index (κ2) is 3.57. The van der Waals surface area contributed by atoms with Crippen LogP contribution in [0.1, 0.15) is 13.8 Å². The molecule has 0 spiro atoms. The maximum Gasteiger partial charge on any atom is 0.192 e. The summed E-state index contributed by atoms with van der Waals surface area (Å²) in [6, 6.07) is 8.51. The van der Waals surface area contributed by atoms with Gasteiger partial charge >= 0.3 is 0 Å². The summed E-state index contributed by atoms with van der Waals surface area (Å²) in [5, 5.41) is 0. The van der Waals surface area contributed by atoms with Gasteiger partial charge in [0.05, 0.1) is 4.90 Å². The van der Waals surface area contributed by atoms with Crippen molar-refractivity contribution in [3.8, 4) is 0 Å². The standard InChI is InChI=1S/C9H11IO2S/c1-9(2,10)13(11,12)8-6-4-3-5-7-8/h3-7H,1-2H3. The van der Waals surface area contributed by atoms with Crippen LogP contribution in [0.4, 0.5) is 0 Å². The average Bonchev–Trinajstić information content (AvgIpc) is 2.04. The molecule has 0 N–H and O–H groups in total. The zero-order valence-corrected chi connectivity index (χ0v) is 10.5. The number of alkyl halides is 1. The minimum Gasteiger partial charge on any atom is -0.222 e. The zero-order chi connectivity index (χ0) is 10.1. The first-order chi connectivity index (χ1) is 5.86. The smallest absolute Gasteiger partial charge is 0.192 e. The number of rotatable bonds is 2. The van der Waals surface area contributed by atoms with Gasteiger partial charge in [0.25, 0.3) is 0 Å². The molecule has 0 aromatic heterocycles. The van der Waals surface area contributed by atoms with Gasteiger partial charge in [-0.15, -0.1) is 0 Å². The van der Waals surface area contributed by atoms with Gasteiger partial charge in [0.15, 0.2) is 9.84 Å². The molecule has 0 unspecified atom stereocenters. The Balaban J connectivity index is 3.26. The third kappa shape index (κ3) is 2.22. The zero-order valence-electron chi connectivity index (χ0n) is 7.49. The molecule has 0 bridgehead atoms. The molecule has 0 aliphatic heterocycles. The fraction of sp³-hybridized carbons (Fsp3) is 0.333. The maximum absolute atomic E-state index is 11.8. The Morgan fingerprint density at radius 2 is 1.62 bits per heavy atom. The summed E-state index contributed by atoms with van der Waals surface area (Å²) in [6.07, 6.45) is 0. The topological polar surface area (TPSA) is 34.1 Å². The van der Waals surface area contributed by atoms with Crippen molar-refractivity contribution in [3.63, 3.8) is 0 Å². The lowest BCUT2D eigenvalue weighted by atomic mass is 10.4. The average molecular weight is 310 g/mol. The van der Waals surface area contributed by atoms with Crippen molar-refractivity contribution in [2.24, 2.45) is 0 Å². The van der Waals surface area contributed by atoms with Gasteiger partial charge < -0.3 is 0 Å². The second-order valence-corrected chi connectivity index (χ2v) is 9.11. The highest BCUT2D eigenvalue weighted by Gasteiger charge is 2.32.